The van der Waals surface area contributed by atoms with Crippen LogP contribution in [0.25, 0.3) is 0 Å². The Balaban J connectivity index is 0.00000361. The molecule has 0 aliphatic heterocycles. The van der Waals surface area contributed by atoms with Crippen molar-refractivity contribution in [2.45, 2.75) is 32.4 Å². The number of halogens is 1. The van der Waals surface area contributed by atoms with Gasteiger partial charge >= 0.3 is 0 Å². The summed E-state index contributed by atoms with van der Waals surface area (Å²) in [6, 6.07) is 4.79. The highest BCUT2D eigenvalue weighted by Gasteiger charge is 2.18. The first-order chi connectivity index (χ1) is 9.03. The molecule has 1 aromatic carbocycles. The van der Waals surface area contributed by atoms with Crippen LogP contribution in [0, 0.1) is 0 Å². The summed E-state index contributed by atoms with van der Waals surface area (Å²) in [5.74, 6) is 1.26. The lowest BCUT2D eigenvalue weighted by Gasteiger charge is -2.20. The molecule has 0 aromatic heterocycles. The van der Waals surface area contributed by atoms with Gasteiger partial charge in [0.05, 0.1) is 26.3 Å². The Morgan fingerprint density at radius 3 is 2.50 bits per heavy atom. The van der Waals surface area contributed by atoms with E-state index in [0.29, 0.717) is 12.2 Å². The van der Waals surface area contributed by atoms with Crippen molar-refractivity contribution >= 4 is 18.3 Å². The van der Waals surface area contributed by atoms with Crippen LogP contribution in [0.4, 0.5) is 0 Å². The summed E-state index contributed by atoms with van der Waals surface area (Å²) in [6.07, 6.45) is 0.605. The number of methoxy groups -OCH3 is 2. The minimum Gasteiger partial charge on any atom is -0.497 e. The van der Waals surface area contributed by atoms with Crippen LogP contribution in [0.1, 0.15) is 31.9 Å². The van der Waals surface area contributed by atoms with Gasteiger partial charge in [0.2, 0.25) is 5.91 Å². The molecule has 1 amide bonds. The molecule has 1 aromatic rings. The van der Waals surface area contributed by atoms with E-state index >= 15 is 0 Å². The maximum absolute atomic E-state index is 11.8. The molecule has 0 bridgehead atoms. The number of nitrogens with two attached hydrogens (primary N) is 1. The van der Waals surface area contributed by atoms with Crippen molar-refractivity contribution in [2.24, 2.45) is 5.73 Å². The second-order valence-electron chi connectivity index (χ2n) is 4.35. The SMILES string of the molecule is CC[C@H](N)C(=O)NC(C)c1cc(OC)ccc1OC.Cl. The third kappa shape index (κ3) is 4.58. The van der Waals surface area contributed by atoms with Crippen molar-refractivity contribution in [1.29, 1.82) is 0 Å². The zero-order valence-corrected chi connectivity index (χ0v) is 13.1. The Kier molecular flexibility index (Phi) is 8.03. The van der Waals surface area contributed by atoms with Gasteiger partial charge in [-0.3, -0.25) is 4.79 Å². The minimum atomic E-state index is -0.487. The van der Waals surface area contributed by atoms with E-state index in [1.54, 1.807) is 14.2 Å². The van der Waals surface area contributed by atoms with Crippen molar-refractivity contribution in [3.63, 3.8) is 0 Å². The summed E-state index contributed by atoms with van der Waals surface area (Å²) in [5.41, 5.74) is 6.56. The highest BCUT2D eigenvalue weighted by atomic mass is 35.5. The molecule has 114 valence electrons. The molecule has 0 fully saturated rings. The molecule has 0 heterocycles. The van der Waals surface area contributed by atoms with Crippen LogP contribution in [0.2, 0.25) is 0 Å². The molecule has 5 nitrogen and oxygen atoms in total. The zero-order valence-electron chi connectivity index (χ0n) is 12.3. The van der Waals surface area contributed by atoms with Crippen LogP contribution in [0.3, 0.4) is 0 Å². The van der Waals surface area contributed by atoms with E-state index in [1.165, 1.54) is 0 Å². The lowest BCUT2D eigenvalue weighted by atomic mass is 10.1. The molecule has 0 radical (unpaired) electrons. The van der Waals surface area contributed by atoms with Crippen LogP contribution >= 0.6 is 12.4 Å². The van der Waals surface area contributed by atoms with Gasteiger partial charge in [-0.1, -0.05) is 6.92 Å². The first-order valence-corrected chi connectivity index (χ1v) is 6.31. The van der Waals surface area contributed by atoms with E-state index in [-0.39, 0.29) is 24.4 Å². The minimum absolute atomic E-state index is 0. The fourth-order valence-electron chi connectivity index (χ4n) is 1.76. The fourth-order valence-corrected chi connectivity index (χ4v) is 1.76. The molecule has 0 saturated carbocycles. The van der Waals surface area contributed by atoms with Gasteiger partial charge in [0.15, 0.2) is 0 Å². The second kappa shape index (κ2) is 8.66. The Morgan fingerprint density at radius 2 is 2.00 bits per heavy atom. The van der Waals surface area contributed by atoms with E-state index in [2.05, 4.69) is 5.32 Å². The van der Waals surface area contributed by atoms with E-state index in [0.717, 1.165) is 11.3 Å². The van der Waals surface area contributed by atoms with Crippen LogP contribution in [0.15, 0.2) is 18.2 Å². The number of amides is 1. The molecular weight excluding hydrogens is 280 g/mol. The largest absolute Gasteiger partial charge is 0.497 e. The zero-order chi connectivity index (χ0) is 14.4. The molecule has 0 aliphatic carbocycles. The topological polar surface area (TPSA) is 73.6 Å². The molecule has 0 aliphatic rings. The van der Waals surface area contributed by atoms with Crippen molar-refractivity contribution in [3.8, 4) is 11.5 Å². The molecule has 3 N–H and O–H groups in total. The van der Waals surface area contributed by atoms with Gasteiger partial charge in [0.25, 0.3) is 0 Å². The Labute approximate surface area is 126 Å². The third-order valence-electron chi connectivity index (χ3n) is 3.04. The van der Waals surface area contributed by atoms with Gasteiger partial charge < -0.3 is 20.5 Å². The number of benzene rings is 1. The average molecular weight is 303 g/mol. The summed E-state index contributed by atoms with van der Waals surface area (Å²) in [6.45, 7) is 3.76. The standard InChI is InChI=1S/C14H22N2O3.ClH/c1-5-12(15)14(17)16-9(2)11-8-10(18-3)6-7-13(11)19-4;/h6-9,12H,5,15H2,1-4H3,(H,16,17);1H/t9?,12-;/m0./s1. The molecule has 0 saturated heterocycles. The third-order valence-corrected chi connectivity index (χ3v) is 3.04. The summed E-state index contributed by atoms with van der Waals surface area (Å²) < 4.78 is 10.5. The number of hydrogen-bond donors (Lipinski definition) is 2. The van der Waals surface area contributed by atoms with Crippen LogP contribution in [0.5, 0.6) is 11.5 Å². The summed E-state index contributed by atoms with van der Waals surface area (Å²) in [4.78, 5) is 11.8. The van der Waals surface area contributed by atoms with Crippen molar-refractivity contribution < 1.29 is 14.3 Å². The highest BCUT2D eigenvalue weighted by Crippen LogP contribution is 2.29. The Morgan fingerprint density at radius 1 is 1.35 bits per heavy atom. The number of rotatable bonds is 6. The molecule has 20 heavy (non-hydrogen) atoms. The van der Waals surface area contributed by atoms with Gasteiger partial charge in [-0.15, -0.1) is 12.4 Å². The lowest BCUT2D eigenvalue weighted by Crippen LogP contribution is -2.41. The first-order valence-electron chi connectivity index (χ1n) is 6.31. The van der Waals surface area contributed by atoms with Gasteiger partial charge in [0, 0.05) is 5.56 Å². The number of ether oxygens (including phenoxy) is 2. The molecule has 1 rings (SSSR count). The normalized spacial score (nSPS) is 12.8. The van der Waals surface area contributed by atoms with E-state index in [1.807, 2.05) is 32.0 Å². The molecular formula is C14H23ClN2O3. The van der Waals surface area contributed by atoms with Crippen LogP contribution in [-0.2, 0) is 4.79 Å². The smallest absolute Gasteiger partial charge is 0.237 e. The second-order valence-corrected chi connectivity index (χ2v) is 4.35. The van der Waals surface area contributed by atoms with Crippen LogP contribution in [-0.4, -0.2) is 26.2 Å². The number of carbonyl (C=O) groups is 1. The van der Waals surface area contributed by atoms with Crippen LogP contribution < -0.4 is 20.5 Å². The predicted molar refractivity (Wildman–Crippen MR) is 81.6 cm³/mol. The maximum Gasteiger partial charge on any atom is 0.237 e. The first kappa shape index (κ1) is 18.5. The van der Waals surface area contributed by atoms with Gasteiger partial charge in [-0.05, 0) is 31.5 Å². The number of hydrogen-bond acceptors (Lipinski definition) is 4. The number of nitrogens with one attached hydrogen (secondary N) is 1. The summed E-state index contributed by atoms with van der Waals surface area (Å²) >= 11 is 0. The lowest BCUT2D eigenvalue weighted by molar-refractivity contribution is -0.123. The fraction of sp³-hybridized carbons (Fsp3) is 0.500. The van der Waals surface area contributed by atoms with E-state index < -0.39 is 6.04 Å². The Hall–Kier alpha value is -1.46. The summed E-state index contributed by atoms with van der Waals surface area (Å²) in [7, 11) is 3.19. The van der Waals surface area contributed by atoms with Crippen molar-refractivity contribution in [3.05, 3.63) is 23.8 Å². The van der Waals surface area contributed by atoms with E-state index in [9.17, 15) is 4.79 Å². The monoisotopic (exact) mass is 302 g/mol. The average Bonchev–Trinajstić information content (AvgIpc) is 2.45. The van der Waals surface area contributed by atoms with Crippen molar-refractivity contribution in [2.75, 3.05) is 14.2 Å². The Bertz CT molecular complexity index is 440. The van der Waals surface area contributed by atoms with Gasteiger partial charge in [0.1, 0.15) is 11.5 Å². The maximum atomic E-state index is 11.8. The quantitative estimate of drug-likeness (QED) is 0.843. The predicted octanol–water partition coefficient (Wildman–Crippen LogP) is 2.04. The summed E-state index contributed by atoms with van der Waals surface area (Å²) in [5, 5.41) is 2.87. The molecule has 0 spiro atoms. The van der Waals surface area contributed by atoms with E-state index in [4.69, 9.17) is 15.2 Å². The van der Waals surface area contributed by atoms with Gasteiger partial charge in [-0.2, -0.15) is 0 Å². The molecule has 1 unspecified atom stereocenters. The highest BCUT2D eigenvalue weighted by molar-refractivity contribution is 5.85. The van der Waals surface area contributed by atoms with Crippen molar-refractivity contribution in [1.82, 2.24) is 5.32 Å². The molecule has 2 atom stereocenters. The number of carbonyl (C=O) groups excluding carboxylic acids is 1. The van der Waals surface area contributed by atoms with Gasteiger partial charge in [-0.25, -0.2) is 0 Å². The molecule has 6 heteroatoms.